The van der Waals surface area contributed by atoms with E-state index in [4.69, 9.17) is 0 Å². The summed E-state index contributed by atoms with van der Waals surface area (Å²) in [4.78, 5) is 0.397. The molecule has 0 saturated heterocycles. The first-order valence-electron chi connectivity index (χ1n) is 8.17. The number of aryl methyl sites for hydroxylation is 2. The standard InChI is InChI=1S/C19H27NO2S/c1-12(2)11-20-23(21,22)18-9-15(6)17-10-16(13(3)4)8-7-14(5)19(17)18/h7-10,12-13,20H,11H2,1-6H3. The number of nitrogens with one attached hydrogen (secondary N) is 1. The molecule has 0 aliphatic heterocycles. The van der Waals surface area contributed by atoms with Crippen molar-refractivity contribution in [3.63, 3.8) is 0 Å². The van der Waals surface area contributed by atoms with Gasteiger partial charge in [-0.05, 0) is 54.0 Å². The topological polar surface area (TPSA) is 46.2 Å². The van der Waals surface area contributed by atoms with Gasteiger partial charge in [0.05, 0.1) is 4.90 Å². The number of hydrogen-bond acceptors (Lipinski definition) is 2. The van der Waals surface area contributed by atoms with Crippen LogP contribution < -0.4 is 4.72 Å². The molecule has 0 aromatic rings. The minimum absolute atomic E-state index is 0.275. The lowest BCUT2D eigenvalue weighted by molar-refractivity contribution is 0.560. The Labute approximate surface area is 140 Å². The van der Waals surface area contributed by atoms with Crippen molar-refractivity contribution in [1.82, 2.24) is 4.72 Å². The lowest BCUT2D eigenvalue weighted by Crippen LogP contribution is -2.27. The van der Waals surface area contributed by atoms with Crippen LogP contribution in [0.4, 0.5) is 0 Å². The van der Waals surface area contributed by atoms with E-state index in [0.717, 1.165) is 22.3 Å². The molecule has 2 aliphatic rings. The van der Waals surface area contributed by atoms with Crippen LogP contribution in [0.5, 0.6) is 0 Å². The van der Waals surface area contributed by atoms with Gasteiger partial charge >= 0.3 is 0 Å². The van der Waals surface area contributed by atoms with Crippen LogP contribution in [0.2, 0.25) is 0 Å². The van der Waals surface area contributed by atoms with Crippen molar-refractivity contribution >= 4 is 10.0 Å². The van der Waals surface area contributed by atoms with Gasteiger partial charge in [0.1, 0.15) is 0 Å². The van der Waals surface area contributed by atoms with E-state index in [0.29, 0.717) is 17.4 Å². The molecule has 0 heterocycles. The molecule has 0 bridgehead atoms. The van der Waals surface area contributed by atoms with Crippen molar-refractivity contribution in [2.24, 2.45) is 5.92 Å². The molecule has 0 fully saturated rings. The molecule has 23 heavy (non-hydrogen) atoms. The van der Waals surface area contributed by atoms with Crippen molar-refractivity contribution in [1.29, 1.82) is 0 Å². The molecule has 0 aromatic carbocycles. The van der Waals surface area contributed by atoms with Crippen molar-refractivity contribution in [2.45, 2.75) is 52.4 Å². The fourth-order valence-corrected chi connectivity index (χ4v) is 4.29. The highest BCUT2D eigenvalue weighted by Gasteiger charge is 2.25. The normalized spacial score (nSPS) is 12.5. The Morgan fingerprint density at radius 3 is 2.22 bits per heavy atom. The Morgan fingerprint density at radius 1 is 1.00 bits per heavy atom. The van der Waals surface area contributed by atoms with Crippen molar-refractivity contribution in [3.05, 3.63) is 41.0 Å². The van der Waals surface area contributed by atoms with Gasteiger partial charge in [0.2, 0.25) is 10.0 Å². The summed E-state index contributed by atoms with van der Waals surface area (Å²) in [6.07, 6.45) is 0. The molecule has 0 spiro atoms. The minimum atomic E-state index is -3.50. The maximum absolute atomic E-state index is 12.7. The molecule has 0 aromatic heterocycles. The van der Waals surface area contributed by atoms with Gasteiger partial charge in [-0.3, -0.25) is 0 Å². The zero-order chi connectivity index (χ0) is 17.4. The zero-order valence-corrected chi connectivity index (χ0v) is 15.7. The molecule has 2 rings (SSSR count). The molecule has 126 valence electrons. The maximum Gasteiger partial charge on any atom is 0.241 e. The smallest absolute Gasteiger partial charge is 0.211 e. The van der Waals surface area contributed by atoms with Gasteiger partial charge in [-0.1, -0.05) is 45.9 Å². The first-order chi connectivity index (χ1) is 10.6. The van der Waals surface area contributed by atoms with Gasteiger partial charge in [0.15, 0.2) is 0 Å². The molecule has 0 amide bonds. The van der Waals surface area contributed by atoms with Gasteiger partial charge in [0, 0.05) is 12.1 Å². The largest absolute Gasteiger partial charge is 0.241 e. The molecule has 0 unspecified atom stereocenters. The fourth-order valence-electron chi connectivity index (χ4n) is 2.71. The molecule has 1 N–H and O–H groups in total. The summed E-state index contributed by atoms with van der Waals surface area (Å²) >= 11 is 0. The van der Waals surface area contributed by atoms with E-state index in [1.54, 1.807) is 6.07 Å². The fraction of sp³-hybridized carbons (Fsp3) is 0.474. The molecular formula is C19H27NO2S. The Bertz CT molecular complexity index is 776. The van der Waals surface area contributed by atoms with Crippen molar-refractivity contribution in [3.8, 4) is 11.1 Å². The SMILES string of the molecule is Cc1cc(S(=O)(=O)NCC(C)C)c2c(C)ccc(C(C)C)cc1-2. The zero-order valence-electron chi connectivity index (χ0n) is 14.9. The van der Waals surface area contributed by atoms with E-state index in [1.165, 1.54) is 5.56 Å². The maximum atomic E-state index is 12.7. The Balaban J connectivity index is 2.62. The van der Waals surface area contributed by atoms with E-state index < -0.39 is 10.0 Å². The van der Waals surface area contributed by atoms with Crippen LogP contribution in [0.1, 0.15) is 50.3 Å². The van der Waals surface area contributed by atoms with E-state index in [1.807, 2.05) is 33.8 Å². The molecular weight excluding hydrogens is 306 g/mol. The van der Waals surface area contributed by atoms with E-state index in [9.17, 15) is 8.42 Å². The highest BCUT2D eigenvalue weighted by atomic mass is 32.2. The van der Waals surface area contributed by atoms with Crippen LogP contribution in [0.15, 0.2) is 29.2 Å². The second-order valence-corrected chi connectivity index (χ2v) is 8.78. The summed E-state index contributed by atoms with van der Waals surface area (Å²) in [5, 5.41) is 0. The van der Waals surface area contributed by atoms with Crippen LogP contribution >= 0.6 is 0 Å². The van der Waals surface area contributed by atoms with Crippen molar-refractivity contribution < 1.29 is 8.42 Å². The Morgan fingerprint density at radius 2 is 1.65 bits per heavy atom. The number of hydrogen-bond donors (Lipinski definition) is 1. The monoisotopic (exact) mass is 333 g/mol. The first kappa shape index (κ1) is 18.0. The van der Waals surface area contributed by atoms with E-state index in [-0.39, 0.29) is 5.92 Å². The molecule has 0 radical (unpaired) electrons. The average Bonchev–Trinajstić information content (AvgIpc) is 2.67. The Kier molecular flexibility index (Phi) is 5.17. The van der Waals surface area contributed by atoms with Gasteiger partial charge in [-0.15, -0.1) is 0 Å². The third-order valence-electron chi connectivity index (χ3n) is 4.16. The summed E-state index contributed by atoms with van der Waals surface area (Å²) in [5.41, 5.74) is 5.08. The Hall–Kier alpha value is -1.39. The highest BCUT2D eigenvalue weighted by Crippen LogP contribution is 2.38. The van der Waals surface area contributed by atoms with Crippen LogP contribution in [0, 0.1) is 19.8 Å². The van der Waals surface area contributed by atoms with Gasteiger partial charge in [-0.25, -0.2) is 13.1 Å². The van der Waals surface area contributed by atoms with Crippen LogP contribution in [-0.2, 0) is 10.0 Å². The molecule has 3 nitrogen and oxygen atoms in total. The average molecular weight is 333 g/mol. The van der Waals surface area contributed by atoms with E-state index >= 15 is 0 Å². The molecule has 0 atom stereocenters. The predicted octanol–water partition coefficient (Wildman–Crippen LogP) is 4.47. The summed E-state index contributed by atoms with van der Waals surface area (Å²) in [6.45, 7) is 12.7. The highest BCUT2D eigenvalue weighted by molar-refractivity contribution is 7.89. The first-order valence-corrected chi connectivity index (χ1v) is 9.65. The second-order valence-electron chi connectivity index (χ2n) is 7.04. The third-order valence-corrected chi connectivity index (χ3v) is 5.60. The lowest BCUT2D eigenvalue weighted by atomic mass is 10.0. The number of rotatable bonds is 5. The lowest BCUT2D eigenvalue weighted by Gasteiger charge is -2.10. The number of fused-ring (bicyclic) bond motifs is 1. The van der Waals surface area contributed by atoms with Gasteiger partial charge in [-0.2, -0.15) is 0 Å². The minimum Gasteiger partial charge on any atom is -0.211 e. The summed E-state index contributed by atoms with van der Waals surface area (Å²) in [7, 11) is -3.50. The van der Waals surface area contributed by atoms with Gasteiger partial charge in [0.25, 0.3) is 0 Å². The predicted molar refractivity (Wildman–Crippen MR) is 96.7 cm³/mol. The van der Waals surface area contributed by atoms with Crippen molar-refractivity contribution in [2.75, 3.05) is 6.54 Å². The third kappa shape index (κ3) is 3.75. The van der Waals surface area contributed by atoms with Crippen LogP contribution in [0.25, 0.3) is 11.1 Å². The summed E-state index contributed by atoms with van der Waals surface area (Å²) in [5.74, 6) is 0.676. The number of sulfonamides is 1. The summed E-state index contributed by atoms with van der Waals surface area (Å²) in [6, 6.07) is 8.05. The second kappa shape index (κ2) is 6.62. The molecule has 0 saturated carbocycles. The van der Waals surface area contributed by atoms with Crippen LogP contribution in [-0.4, -0.2) is 15.0 Å². The summed E-state index contributed by atoms with van der Waals surface area (Å²) < 4.78 is 28.2. The van der Waals surface area contributed by atoms with Crippen LogP contribution in [0.3, 0.4) is 0 Å². The van der Waals surface area contributed by atoms with E-state index in [2.05, 4.69) is 30.7 Å². The molecule has 4 heteroatoms. The van der Waals surface area contributed by atoms with Gasteiger partial charge < -0.3 is 0 Å². The quantitative estimate of drug-likeness (QED) is 0.877. The molecule has 2 aliphatic carbocycles.